The normalized spacial score (nSPS) is 51.9. The SMILES string of the molecule is CCSC1CCC(NC2C3CC4CC(C3)CC2C4)C1. The second-order valence-electron chi connectivity index (χ2n) is 7.71. The molecule has 5 saturated carbocycles. The van der Waals surface area contributed by atoms with Crippen LogP contribution in [-0.2, 0) is 0 Å². The minimum absolute atomic E-state index is 0.853. The maximum Gasteiger partial charge on any atom is 0.0127 e. The summed E-state index contributed by atoms with van der Waals surface area (Å²) >= 11 is 2.19. The molecule has 0 heterocycles. The van der Waals surface area contributed by atoms with Crippen molar-refractivity contribution in [3.8, 4) is 0 Å². The van der Waals surface area contributed by atoms with Crippen molar-refractivity contribution < 1.29 is 0 Å². The van der Waals surface area contributed by atoms with Gasteiger partial charge in [-0.05, 0) is 80.8 Å². The maximum absolute atomic E-state index is 4.14. The second-order valence-corrected chi connectivity index (χ2v) is 9.29. The Morgan fingerprint density at radius 2 is 1.58 bits per heavy atom. The average molecular weight is 279 g/mol. The highest BCUT2D eigenvalue weighted by Gasteiger charge is 2.48. The Labute approximate surface area is 122 Å². The van der Waals surface area contributed by atoms with Crippen molar-refractivity contribution in [2.24, 2.45) is 23.7 Å². The first-order valence-corrected chi connectivity index (χ1v) is 9.74. The largest absolute Gasteiger partial charge is 0.311 e. The summed E-state index contributed by atoms with van der Waals surface area (Å²) in [5.41, 5.74) is 0. The first kappa shape index (κ1) is 13.0. The van der Waals surface area contributed by atoms with Crippen molar-refractivity contribution in [1.82, 2.24) is 5.32 Å². The third-order valence-corrected chi connectivity index (χ3v) is 7.67. The summed E-state index contributed by atoms with van der Waals surface area (Å²) in [4.78, 5) is 0. The lowest BCUT2D eigenvalue weighted by Gasteiger charge is -2.55. The van der Waals surface area contributed by atoms with Crippen molar-refractivity contribution in [3.63, 3.8) is 0 Å². The summed E-state index contributed by atoms with van der Waals surface area (Å²) < 4.78 is 0. The molecule has 1 N–H and O–H groups in total. The molecule has 0 aromatic rings. The Hall–Kier alpha value is 0.310. The van der Waals surface area contributed by atoms with Crippen molar-refractivity contribution in [3.05, 3.63) is 0 Å². The van der Waals surface area contributed by atoms with Gasteiger partial charge in [0.2, 0.25) is 0 Å². The van der Waals surface area contributed by atoms with E-state index >= 15 is 0 Å². The Bertz CT molecular complexity index is 301. The Kier molecular flexibility index (Phi) is 3.60. The summed E-state index contributed by atoms with van der Waals surface area (Å²) in [5, 5.41) is 5.09. The van der Waals surface area contributed by atoms with Gasteiger partial charge in [0.1, 0.15) is 0 Å². The lowest BCUT2D eigenvalue weighted by atomic mass is 9.54. The van der Waals surface area contributed by atoms with E-state index in [1.807, 2.05) is 0 Å². The van der Waals surface area contributed by atoms with Gasteiger partial charge >= 0.3 is 0 Å². The zero-order valence-electron chi connectivity index (χ0n) is 12.3. The van der Waals surface area contributed by atoms with Crippen LogP contribution >= 0.6 is 11.8 Å². The summed E-state index contributed by atoms with van der Waals surface area (Å²) in [7, 11) is 0. The Morgan fingerprint density at radius 1 is 0.895 bits per heavy atom. The first-order valence-electron chi connectivity index (χ1n) is 8.69. The van der Waals surface area contributed by atoms with Gasteiger partial charge in [-0.3, -0.25) is 0 Å². The van der Waals surface area contributed by atoms with E-state index in [4.69, 9.17) is 0 Å². The van der Waals surface area contributed by atoms with Crippen LogP contribution in [0, 0.1) is 23.7 Å². The van der Waals surface area contributed by atoms with Crippen molar-refractivity contribution in [2.45, 2.75) is 75.6 Å². The molecule has 108 valence electrons. The third-order valence-electron chi connectivity index (χ3n) is 6.44. The number of thioether (sulfide) groups is 1. The Balaban J connectivity index is 1.36. The molecule has 5 aliphatic rings. The van der Waals surface area contributed by atoms with Gasteiger partial charge in [-0.2, -0.15) is 11.8 Å². The molecule has 1 nitrogen and oxygen atoms in total. The van der Waals surface area contributed by atoms with Gasteiger partial charge in [0.05, 0.1) is 0 Å². The monoisotopic (exact) mass is 279 g/mol. The first-order chi connectivity index (χ1) is 9.31. The molecule has 0 radical (unpaired) electrons. The van der Waals surface area contributed by atoms with Gasteiger partial charge in [-0.15, -0.1) is 0 Å². The predicted octanol–water partition coefficient (Wildman–Crippen LogP) is 4.07. The summed E-state index contributed by atoms with van der Waals surface area (Å²) in [6, 6.07) is 1.76. The van der Waals surface area contributed by atoms with Crippen LogP contribution < -0.4 is 5.32 Å². The summed E-state index contributed by atoms with van der Waals surface area (Å²) in [6.45, 7) is 2.31. The third kappa shape index (κ3) is 2.48. The summed E-state index contributed by atoms with van der Waals surface area (Å²) in [6.07, 6.45) is 12.2. The van der Waals surface area contributed by atoms with Gasteiger partial charge in [0.25, 0.3) is 0 Å². The Morgan fingerprint density at radius 3 is 2.21 bits per heavy atom. The molecule has 2 unspecified atom stereocenters. The molecule has 2 heteroatoms. The van der Waals surface area contributed by atoms with Crippen LogP contribution in [0.5, 0.6) is 0 Å². The van der Waals surface area contributed by atoms with E-state index in [9.17, 15) is 0 Å². The van der Waals surface area contributed by atoms with Crippen LogP contribution in [0.15, 0.2) is 0 Å². The number of hydrogen-bond acceptors (Lipinski definition) is 2. The minimum Gasteiger partial charge on any atom is -0.311 e. The number of nitrogens with one attached hydrogen (secondary N) is 1. The van der Waals surface area contributed by atoms with Gasteiger partial charge < -0.3 is 5.32 Å². The van der Waals surface area contributed by atoms with Gasteiger partial charge in [-0.25, -0.2) is 0 Å². The molecule has 0 saturated heterocycles. The fourth-order valence-corrected chi connectivity index (χ4v) is 7.09. The van der Waals surface area contributed by atoms with Crippen molar-refractivity contribution in [1.29, 1.82) is 0 Å². The van der Waals surface area contributed by atoms with E-state index in [0.29, 0.717) is 0 Å². The number of rotatable bonds is 4. The quantitative estimate of drug-likeness (QED) is 0.832. The second kappa shape index (κ2) is 5.26. The average Bonchev–Trinajstić information content (AvgIpc) is 2.81. The van der Waals surface area contributed by atoms with E-state index < -0.39 is 0 Å². The fourth-order valence-electron chi connectivity index (χ4n) is 5.95. The van der Waals surface area contributed by atoms with Gasteiger partial charge in [-0.1, -0.05) is 6.92 Å². The van der Waals surface area contributed by atoms with Crippen LogP contribution in [0.4, 0.5) is 0 Å². The van der Waals surface area contributed by atoms with E-state index in [1.54, 1.807) is 32.1 Å². The lowest BCUT2D eigenvalue weighted by molar-refractivity contribution is -0.0174. The number of hydrogen-bond donors (Lipinski definition) is 1. The van der Waals surface area contributed by atoms with Crippen LogP contribution in [0.25, 0.3) is 0 Å². The molecular formula is C17H29NS. The van der Waals surface area contributed by atoms with E-state index in [-0.39, 0.29) is 0 Å². The van der Waals surface area contributed by atoms with E-state index in [2.05, 4.69) is 24.0 Å². The standard InChI is InChI=1S/C17H29NS/c1-2-19-16-4-3-15(10-16)18-17-13-6-11-5-12(8-13)9-14(17)7-11/h11-18H,2-10H2,1H3. The van der Waals surface area contributed by atoms with E-state index in [0.717, 1.165) is 41.0 Å². The molecular weight excluding hydrogens is 250 g/mol. The smallest absolute Gasteiger partial charge is 0.0127 e. The summed E-state index contributed by atoms with van der Waals surface area (Å²) in [5.74, 6) is 5.64. The maximum atomic E-state index is 4.14. The highest BCUT2D eigenvalue weighted by atomic mass is 32.2. The van der Waals surface area contributed by atoms with Crippen LogP contribution in [0.2, 0.25) is 0 Å². The van der Waals surface area contributed by atoms with Crippen molar-refractivity contribution >= 4 is 11.8 Å². The molecule has 5 rings (SSSR count). The molecule has 4 bridgehead atoms. The fraction of sp³-hybridized carbons (Fsp3) is 1.00. The topological polar surface area (TPSA) is 12.0 Å². The minimum atomic E-state index is 0.853. The van der Waals surface area contributed by atoms with Crippen LogP contribution in [-0.4, -0.2) is 23.1 Å². The molecule has 19 heavy (non-hydrogen) atoms. The zero-order chi connectivity index (χ0) is 12.8. The molecule has 2 atom stereocenters. The van der Waals surface area contributed by atoms with Crippen LogP contribution in [0.1, 0.15) is 58.3 Å². The highest BCUT2D eigenvalue weighted by Crippen LogP contribution is 2.54. The molecule has 0 aromatic heterocycles. The molecule has 0 aliphatic heterocycles. The van der Waals surface area contributed by atoms with Gasteiger partial charge in [0.15, 0.2) is 0 Å². The molecule has 5 fully saturated rings. The molecule has 0 amide bonds. The zero-order valence-corrected chi connectivity index (χ0v) is 13.1. The molecule has 0 aromatic carbocycles. The lowest BCUT2D eigenvalue weighted by Crippen LogP contribution is -2.56. The van der Waals surface area contributed by atoms with Crippen LogP contribution in [0.3, 0.4) is 0 Å². The molecule has 5 aliphatic carbocycles. The van der Waals surface area contributed by atoms with Crippen molar-refractivity contribution in [2.75, 3.05) is 5.75 Å². The predicted molar refractivity (Wildman–Crippen MR) is 83.5 cm³/mol. The molecule has 0 spiro atoms. The highest BCUT2D eigenvalue weighted by molar-refractivity contribution is 7.99. The van der Waals surface area contributed by atoms with Gasteiger partial charge in [0, 0.05) is 17.3 Å². The van der Waals surface area contributed by atoms with E-state index in [1.165, 1.54) is 25.0 Å².